The van der Waals surface area contributed by atoms with E-state index in [0.717, 1.165) is 36.5 Å². The molecule has 0 aliphatic carbocycles. The maximum atomic E-state index is 5.88. The Morgan fingerprint density at radius 2 is 1.72 bits per heavy atom. The fraction of sp³-hybridized carbons (Fsp3) is 0.333. The molecule has 1 aromatic heterocycles. The van der Waals surface area contributed by atoms with Gasteiger partial charge in [-0.25, -0.2) is 4.98 Å². The van der Waals surface area contributed by atoms with Gasteiger partial charge in [0.25, 0.3) is 0 Å². The Hall–Kier alpha value is -2.92. The molecule has 3 N–H and O–H groups in total. The van der Waals surface area contributed by atoms with E-state index in [2.05, 4.69) is 75.6 Å². The minimum atomic E-state index is 0.297. The first-order valence-electron chi connectivity index (χ1n) is 10.5. The molecular formula is C24H29N5. The van der Waals surface area contributed by atoms with Crippen LogP contribution >= 0.6 is 0 Å². The molecule has 0 radical (unpaired) electrons. The number of aryl methyl sites for hydroxylation is 1. The first-order chi connectivity index (χ1) is 14.2. The fourth-order valence-corrected chi connectivity index (χ4v) is 3.95. The number of aromatic nitrogens is 2. The number of likely N-dealkylation sites (tertiary alicyclic amines) is 1. The summed E-state index contributed by atoms with van der Waals surface area (Å²) in [7, 11) is 0. The van der Waals surface area contributed by atoms with Gasteiger partial charge < -0.3 is 16.0 Å². The lowest BCUT2D eigenvalue weighted by Gasteiger charge is -2.16. The molecule has 3 aromatic rings. The average Bonchev–Trinajstić information content (AvgIpc) is 3.25. The van der Waals surface area contributed by atoms with Crippen LogP contribution in [0.1, 0.15) is 24.8 Å². The predicted octanol–water partition coefficient (Wildman–Crippen LogP) is 4.60. The normalized spacial score (nSPS) is 14.2. The number of nitrogens with one attached hydrogen (secondary N) is 1. The Balaban J connectivity index is 1.52. The molecule has 4 rings (SSSR count). The van der Waals surface area contributed by atoms with E-state index in [1.807, 2.05) is 6.20 Å². The van der Waals surface area contributed by atoms with Gasteiger partial charge in [-0.1, -0.05) is 48.0 Å². The van der Waals surface area contributed by atoms with Crippen LogP contribution in [0.5, 0.6) is 0 Å². The summed E-state index contributed by atoms with van der Waals surface area (Å²) in [5, 5.41) is 3.49. The van der Waals surface area contributed by atoms with Crippen molar-refractivity contribution in [1.82, 2.24) is 14.9 Å². The van der Waals surface area contributed by atoms with Gasteiger partial charge >= 0.3 is 0 Å². The number of nitrogen functional groups attached to an aromatic ring is 1. The third-order valence-corrected chi connectivity index (χ3v) is 5.47. The van der Waals surface area contributed by atoms with Crippen LogP contribution in [0.2, 0.25) is 0 Å². The first-order valence-corrected chi connectivity index (χ1v) is 10.5. The van der Waals surface area contributed by atoms with Crippen molar-refractivity contribution in [3.8, 4) is 22.3 Å². The standard InChI is InChI=1S/C24H29N5/c1-18-7-4-8-19(15-18)20-9-5-10-21(16-20)22-17-27-24(25)28-23(22)26-11-6-14-29-12-2-3-13-29/h4-5,7-10,15-17H,2-3,6,11-14H2,1H3,(H3,25,26,27,28). The summed E-state index contributed by atoms with van der Waals surface area (Å²) >= 11 is 0. The third kappa shape index (κ3) is 4.93. The van der Waals surface area contributed by atoms with Gasteiger partial charge in [0.05, 0.1) is 0 Å². The van der Waals surface area contributed by atoms with Gasteiger partial charge in [0, 0.05) is 18.3 Å². The maximum absolute atomic E-state index is 5.88. The highest BCUT2D eigenvalue weighted by Gasteiger charge is 2.12. The van der Waals surface area contributed by atoms with Gasteiger partial charge in [0.15, 0.2) is 0 Å². The molecule has 0 saturated carbocycles. The van der Waals surface area contributed by atoms with Crippen LogP contribution in [0.15, 0.2) is 54.7 Å². The van der Waals surface area contributed by atoms with Crippen molar-refractivity contribution in [2.75, 3.05) is 37.2 Å². The largest absolute Gasteiger partial charge is 0.369 e. The maximum Gasteiger partial charge on any atom is 0.221 e. The number of hydrogen-bond donors (Lipinski definition) is 2. The van der Waals surface area contributed by atoms with Crippen molar-refractivity contribution < 1.29 is 0 Å². The predicted molar refractivity (Wildman–Crippen MR) is 121 cm³/mol. The number of benzene rings is 2. The minimum Gasteiger partial charge on any atom is -0.369 e. The molecule has 0 bridgehead atoms. The van der Waals surface area contributed by atoms with Crippen molar-refractivity contribution in [2.24, 2.45) is 0 Å². The number of nitrogens with two attached hydrogens (primary N) is 1. The molecule has 150 valence electrons. The molecule has 2 heterocycles. The SMILES string of the molecule is Cc1cccc(-c2cccc(-c3cnc(N)nc3NCCCN3CCCC3)c2)c1. The Kier molecular flexibility index (Phi) is 6.06. The summed E-state index contributed by atoms with van der Waals surface area (Å²) in [6, 6.07) is 17.1. The molecule has 0 atom stereocenters. The lowest BCUT2D eigenvalue weighted by Crippen LogP contribution is -2.22. The molecule has 0 spiro atoms. The van der Waals surface area contributed by atoms with Crippen LogP contribution in [0.25, 0.3) is 22.3 Å². The molecule has 0 unspecified atom stereocenters. The van der Waals surface area contributed by atoms with Gasteiger partial charge in [0.1, 0.15) is 5.82 Å². The van der Waals surface area contributed by atoms with Gasteiger partial charge in [-0.15, -0.1) is 0 Å². The monoisotopic (exact) mass is 387 g/mol. The zero-order valence-corrected chi connectivity index (χ0v) is 17.1. The van der Waals surface area contributed by atoms with E-state index < -0.39 is 0 Å². The van der Waals surface area contributed by atoms with E-state index in [9.17, 15) is 0 Å². The average molecular weight is 388 g/mol. The quantitative estimate of drug-likeness (QED) is 0.580. The molecule has 0 amide bonds. The highest BCUT2D eigenvalue weighted by atomic mass is 15.1. The zero-order valence-electron chi connectivity index (χ0n) is 17.1. The minimum absolute atomic E-state index is 0.297. The number of anilines is 2. The summed E-state index contributed by atoms with van der Waals surface area (Å²) in [5.74, 6) is 1.10. The molecule has 1 saturated heterocycles. The van der Waals surface area contributed by atoms with E-state index in [0.29, 0.717) is 5.95 Å². The van der Waals surface area contributed by atoms with Crippen LogP contribution in [0.3, 0.4) is 0 Å². The molecule has 1 fully saturated rings. The van der Waals surface area contributed by atoms with Crippen LogP contribution in [-0.2, 0) is 0 Å². The Labute approximate surface area is 173 Å². The fourth-order valence-electron chi connectivity index (χ4n) is 3.95. The molecule has 29 heavy (non-hydrogen) atoms. The lowest BCUT2D eigenvalue weighted by molar-refractivity contribution is 0.337. The van der Waals surface area contributed by atoms with Crippen molar-refractivity contribution in [3.63, 3.8) is 0 Å². The van der Waals surface area contributed by atoms with Crippen LogP contribution in [0.4, 0.5) is 11.8 Å². The second-order valence-electron chi connectivity index (χ2n) is 7.77. The summed E-state index contributed by atoms with van der Waals surface area (Å²) in [4.78, 5) is 11.2. The Bertz CT molecular complexity index is 963. The smallest absolute Gasteiger partial charge is 0.221 e. The Morgan fingerprint density at radius 3 is 2.52 bits per heavy atom. The van der Waals surface area contributed by atoms with E-state index in [4.69, 9.17) is 5.73 Å². The third-order valence-electron chi connectivity index (χ3n) is 5.47. The summed E-state index contributed by atoms with van der Waals surface area (Å²) in [6.45, 7) is 6.59. The van der Waals surface area contributed by atoms with Crippen LogP contribution in [0, 0.1) is 6.92 Å². The molecular weight excluding hydrogens is 358 g/mol. The summed E-state index contributed by atoms with van der Waals surface area (Å²) < 4.78 is 0. The van der Waals surface area contributed by atoms with Gasteiger partial charge in [0.2, 0.25) is 5.95 Å². The van der Waals surface area contributed by atoms with Crippen molar-refractivity contribution in [2.45, 2.75) is 26.2 Å². The highest BCUT2D eigenvalue weighted by Crippen LogP contribution is 2.30. The van der Waals surface area contributed by atoms with Crippen LogP contribution < -0.4 is 11.1 Å². The topological polar surface area (TPSA) is 67.1 Å². The number of rotatable bonds is 7. The van der Waals surface area contributed by atoms with E-state index in [-0.39, 0.29) is 0 Å². The van der Waals surface area contributed by atoms with E-state index in [1.165, 1.54) is 42.6 Å². The number of hydrogen-bond acceptors (Lipinski definition) is 5. The molecule has 2 aromatic carbocycles. The van der Waals surface area contributed by atoms with Crippen molar-refractivity contribution in [1.29, 1.82) is 0 Å². The molecule has 5 heteroatoms. The molecule has 5 nitrogen and oxygen atoms in total. The van der Waals surface area contributed by atoms with Crippen molar-refractivity contribution >= 4 is 11.8 Å². The first kappa shape index (κ1) is 19.4. The van der Waals surface area contributed by atoms with E-state index >= 15 is 0 Å². The van der Waals surface area contributed by atoms with Gasteiger partial charge in [-0.2, -0.15) is 4.98 Å². The highest BCUT2D eigenvalue weighted by molar-refractivity contribution is 5.79. The second kappa shape index (κ2) is 9.05. The zero-order chi connectivity index (χ0) is 20.1. The van der Waals surface area contributed by atoms with Gasteiger partial charge in [-0.3, -0.25) is 0 Å². The molecule has 1 aliphatic rings. The molecule has 1 aliphatic heterocycles. The number of nitrogens with zero attached hydrogens (tertiary/aromatic N) is 3. The summed E-state index contributed by atoms with van der Waals surface area (Å²) in [6.07, 6.45) is 5.57. The lowest BCUT2D eigenvalue weighted by atomic mass is 9.99. The van der Waals surface area contributed by atoms with Gasteiger partial charge in [-0.05, 0) is 68.6 Å². The van der Waals surface area contributed by atoms with Crippen molar-refractivity contribution in [3.05, 3.63) is 60.3 Å². The second-order valence-corrected chi connectivity index (χ2v) is 7.77. The Morgan fingerprint density at radius 1 is 1.00 bits per heavy atom. The van der Waals surface area contributed by atoms with E-state index in [1.54, 1.807) is 0 Å². The summed E-state index contributed by atoms with van der Waals surface area (Å²) in [5.41, 5.74) is 11.6. The van der Waals surface area contributed by atoms with Crippen LogP contribution in [-0.4, -0.2) is 41.0 Å².